The minimum absolute atomic E-state index is 0.0601. The molecule has 1 aromatic heterocycles. The summed E-state index contributed by atoms with van der Waals surface area (Å²) in [6, 6.07) is 12.2. The predicted octanol–water partition coefficient (Wildman–Crippen LogP) is 2.51. The van der Waals surface area contributed by atoms with Crippen molar-refractivity contribution in [2.75, 3.05) is 13.1 Å². The molecule has 2 heterocycles. The maximum absolute atomic E-state index is 12.2. The van der Waals surface area contributed by atoms with Crippen LogP contribution in [-0.4, -0.2) is 35.0 Å². The summed E-state index contributed by atoms with van der Waals surface area (Å²) in [5.41, 5.74) is 1.06. The van der Waals surface area contributed by atoms with Crippen molar-refractivity contribution in [3.8, 4) is 11.9 Å². The molecule has 1 aliphatic heterocycles. The smallest absolute Gasteiger partial charge is 0.254 e. The summed E-state index contributed by atoms with van der Waals surface area (Å²) in [7, 11) is 0. The average Bonchev–Trinajstić information content (AvgIpc) is 2.50. The minimum atomic E-state index is -0.0800. The zero-order valence-corrected chi connectivity index (χ0v) is 12.3. The van der Waals surface area contributed by atoms with Crippen LogP contribution in [0.1, 0.15) is 15.9 Å². The Bertz CT molecular complexity index is 734. The quantitative estimate of drug-likeness (QED) is 0.873. The first-order chi connectivity index (χ1) is 10.7. The van der Waals surface area contributed by atoms with Crippen molar-refractivity contribution in [3.63, 3.8) is 0 Å². The number of ether oxygens (including phenoxy) is 1. The average molecular weight is 314 g/mol. The summed E-state index contributed by atoms with van der Waals surface area (Å²) in [4.78, 5) is 18.0. The van der Waals surface area contributed by atoms with Crippen LogP contribution in [0, 0.1) is 11.3 Å². The summed E-state index contributed by atoms with van der Waals surface area (Å²) >= 11 is 5.89. The van der Waals surface area contributed by atoms with E-state index in [1.54, 1.807) is 41.3 Å². The number of hydrogen-bond donors (Lipinski definition) is 0. The lowest BCUT2D eigenvalue weighted by atomic mass is 10.1. The summed E-state index contributed by atoms with van der Waals surface area (Å²) in [6.07, 6.45) is 1.38. The van der Waals surface area contributed by atoms with Crippen molar-refractivity contribution in [1.29, 1.82) is 5.26 Å². The lowest BCUT2D eigenvalue weighted by Crippen LogP contribution is -2.56. The molecule has 0 spiro atoms. The predicted molar refractivity (Wildman–Crippen MR) is 80.7 cm³/mol. The molecule has 0 N–H and O–H groups in total. The van der Waals surface area contributed by atoms with Gasteiger partial charge >= 0.3 is 0 Å². The second-order valence-corrected chi connectivity index (χ2v) is 5.39. The first-order valence-corrected chi connectivity index (χ1v) is 7.11. The molecule has 1 aliphatic rings. The van der Waals surface area contributed by atoms with Crippen molar-refractivity contribution in [1.82, 2.24) is 9.88 Å². The standard InChI is InChI=1S/C16H12ClN3O2/c17-13-3-1-2-12(6-13)16(21)20-9-14(10-20)22-15-5-4-11(7-18)8-19-15/h1-6,8,14H,9-10H2. The van der Waals surface area contributed by atoms with Gasteiger partial charge in [0.1, 0.15) is 12.2 Å². The van der Waals surface area contributed by atoms with Gasteiger partial charge in [0.05, 0.1) is 18.7 Å². The third kappa shape index (κ3) is 3.02. The van der Waals surface area contributed by atoms with Crippen LogP contribution in [0.15, 0.2) is 42.6 Å². The first kappa shape index (κ1) is 14.4. The number of hydrogen-bond acceptors (Lipinski definition) is 4. The van der Waals surface area contributed by atoms with Crippen molar-refractivity contribution < 1.29 is 9.53 Å². The highest BCUT2D eigenvalue weighted by Crippen LogP contribution is 2.20. The molecule has 0 bridgehead atoms. The number of carbonyl (C=O) groups excluding carboxylic acids is 1. The van der Waals surface area contributed by atoms with Gasteiger partial charge in [0.15, 0.2) is 0 Å². The largest absolute Gasteiger partial charge is 0.471 e. The van der Waals surface area contributed by atoms with Crippen LogP contribution < -0.4 is 4.74 Å². The van der Waals surface area contributed by atoms with Gasteiger partial charge in [-0.3, -0.25) is 4.79 Å². The minimum Gasteiger partial charge on any atom is -0.471 e. The van der Waals surface area contributed by atoms with Gasteiger partial charge in [-0.1, -0.05) is 17.7 Å². The number of pyridine rings is 1. The molecule has 0 atom stereocenters. The van der Waals surface area contributed by atoms with E-state index in [0.717, 1.165) is 0 Å². The van der Waals surface area contributed by atoms with Crippen molar-refractivity contribution in [3.05, 3.63) is 58.7 Å². The highest BCUT2D eigenvalue weighted by atomic mass is 35.5. The molecule has 22 heavy (non-hydrogen) atoms. The van der Waals surface area contributed by atoms with Gasteiger partial charge in [0.2, 0.25) is 5.88 Å². The summed E-state index contributed by atoms with van der Waals surface area (Å²) in [5, 5.41) is 9.25. The summed E-state index contributed by atoms with van der Waals surface area (Å²) in [6.45, 7) is 1.01. The van der Waals surface area contributed by atoms with Crippen LogP contribution in [0.2, 0.25) is 5.02 Å². The van der Waals surface area contributed by atoms with Crippen LogP contribution in [0.4, 0.5) is 0 Å². The Hall–Kier alpha value is -2.58. The molecule has 1 aromatic carbocycles. The normalized spacial score (nSPS) is 14.1. The van der Waals surface area contributed by atoms with Gasteiger partial charge in [-0.2, -0.15) is 5.26 Å². The fraction of sp³-hybridized carbons (Fsp3) is 0.188. The van der Waals surface area contributed by atoms with E-state index in [1.165, 1.54) is 6.20 Å². The van der Waals surface area contributed by atoms with Gasteiger partial charge in [0, 0.05) is 22.8 Å². The lowest BCUT2D eigenvalue weighted by Gasteiger charge is -2.38. The SMILES string of the molecule is N#Cc1ccc(OC2CN(C(=O)c3cccc(Cl)c3)C2)nc1. The van der Waals surface area contributed by atoms with Crippen LogP contribution >= 0.6 is 11.6 Å². The van der Waals surface area contributed by atoms with Gasteiger partial charge in [-0.05, 0) is 24.3 Å². The van der Waals surface area contributed by atoms with E-state index in [2.05, 4.69) is 4.98 Å². The molecule has 0 saturated carbocycles. The maximum Gasteiger partial charge on any atom is 0.254 e. The van der Waals surface area contributed by atoms with Crippen LogP contribution in [0.25, 0.3) is 0 Å². The number of rotatable bonds is 3. The monoisotopic (exact) mass is 313 g/mol. The van der Waals surface area contributed by atoms with Crippen LogP contribution in [0.3, 0.4) is 0 Å². The second kappa shape index (κ2) is 6.04. The molecule has 2 aromatic rings. The topological polar surface area (TPSA) is 66.2 Å². The first-order valence-electron chi connectivity index (χ1n) is 6.73. The zero-order valence-electron chi connectivity index (χ0n) is 11.6. The molecule has 110 valence electrons. The molecule has 0 unspecified atom stereocenters. The Balaban J connectivity index is 1.55. The lowest BCUT2D eigenvalue weighted by molar-refractivity contribution is 0.0160. The van der Waals surface area contributed by atoms with E-state index >= 15 is 0 Å². The Kier molecular flexibility index (Phi) is 3.94. The molecule has 1 amide bonds. The van der Waals surface area contributed by atoms with E-state index in [9.17, 15) is 4.79 Å². The molecular weight excluding hydrogens is 302 g/mol. The van der Waals surface area contributed by atoms with Crippen molar-refractivity contribution in [2.45, 2.75) is 6.10 Å². The van der Waals surface area contributed by atoms with Crippen molar-refractivity contribution in [2.24, 2.45) is 0 Å². The number of aromatic nitrogens is 1. The third-order valence-corrected chi connectivity index (χ3v) is 3.59. The van der Waals surface area contributed by atoms with E-state index in [-0.39, 0.29) is 12.0 Å². The van der Waals surface area contributed by atoms with Crippen molar-refractivity contribution >= 4 is 17.5 Å². The Labute approximate surface area is 132 Å². The maximum atomic E-state index is 12.2. The number of benzene rings is 1. The number of nitrogens with zero attached hydrogens (tertiary/aromatic N) is 3. The number of amides is 1. The van der Waals surface area contributed by atoms with Crippen LogP contribution in [0.5, 0.6) is 5.88 Å². The molecule has 0 aliphatic carbocycles. The van der Waals surface area contributed by atoms with Gasteiger partial charge in [-0.25, -0.2) is 4.98 Å². The second-order valence-electron chi connectivity index (χ2n) is 4.96. The molecule has 1 fully saturated rings. The summed E-state index contributed by atoms with van der Waals surface area (Å²) in [5.74, 6) is 0.397. The Morgan fingerprint density at radius 3 is 2.82 bits per heavy atom. The molecule has 0 radical (unpaired) electrons. The van der Waals surface area contributed by atoms with E-state index in [1.807, 2.05) is 6.07 Å². The fourth-order valence-corrected chi connectivity index (χ4v) is 2.36. The summed E-state index contributed by atoms with van der Waals surface area (Å²) < 4.78 is 5.65. The van der Waals surface area contributed by atoms with E-state index in [4.69, 9.17) is 21.6 Å². The Morgan fingerprint density at radius 1 is 1.36 bits per heavy atom. The number of halogens is 1. The number of nitriles is 1. The van der Waals surface area contributed by atoms with E-state index in [0.29, 0.717) is 35.1 Å². The van der Waals surface area contributed by atoms with Gasteiger partial charge in [0.25, 0.3) is 5.91 Å². The third-order valence-electron chi connectivity index (χ3n) is 3.36. The molecule has 6 heteroatoms. The molecule has 3 rings (SSSR count). The van der Waals surface area contributed by atoms with Crippen LogP contribution in [-0.2, 0) is 0 Å². The fourth-order valence-electron chi connectivity index (χ4n) is 2.17. The van der Waals surface area contributed by atoms with Gasteiger partial charge in [-0.15, -0.1) is 0 Å². The highest BCUT2D eigenvalue weighted by Gasteiger charge is 2.33. The number of likely N-dealkylation sites (tertiary alicyclic amines) is 1. The molecule has 1 saturated heterocycles. The van der Waals surface area contributed by atoms with Gasteiger partial charge < -0.3 is 9.64 Å². The molecular formula is C16H12ClN3O2. The molecule has 5 nitrogen and oxygen atoms in total. The highest BCUT2D eigenvalue weighted by molar-refractivity contribution is 6.30. The Morgan fingerprint density at radius 2 is 2.18 bits per heavy atom. The zero-order chi connectivity index (χ0) is 15.5. The number of carbonyl (C=O) groups is 1. The van der Waals surface area contributed by atoms with E-state index < -0.39 is 0 Å².